The summed E-state index contributed by atoms with van der Waals surface area (Å²) in [6.45, 7) is -0.425. The Kier molecular flexibility index (Phi) is 10.5. The third-order valence-corrected chi connectivity index (χ3v) is 14.1. The van der Waals surface area contributed by atoms with Crippen LogP contribution in [0.1, 0.15) is 27.0 Å². The van der Waals surface area contributed by atoms with Crippen LogP contribution < -0.4 is 0 Å². The van der Waals surface area contributed by atoms with Crippen molar-refractivity contribution in [1.29, 1.82) is 0 Å². The molecule has 0 spiro atoms. The van der Waals surface area contributed by atoms with E-state index in [1.54, 1.807) is 18.2 Å². The number of aromatic nitrogens is 4. The Hall–Kier alpha value is -6.99. The van der Waals surface area contributed by atoms with Crippen LogP contribution in [0.25, 0.3) is 43.9 Å². The minimum Gasteiger partial charge on any atom is -0.293 e. The molecule has 9 rings (SSSR count). The van der Waals surface area contributed by atoms with Crippen molar-refractivity contribution >= 4 is 38.0 Å². The van der Waals surface area contributed by atoms with E-state index >= 15 is 0 Å². The molecule has 0 saturated heterocycles. The zero-order valence-electron chi connectivity index (χ0n) is 32.6. The second-order valence-electron chi connectivity index (χ2n) is 14.4. The Morgan fingerprint density at radius 3 is 1.82 bits per heavy atom. The maximum atomic E-state index is 14.4. The quantitative estimate of drug-likeness (QED) is 0.0897. The van der Waals surface area contributed by atoms with Gasteiger partial charge in [-0.05, 0) is 95.1 Å². The maximum Gasteiger partial charge on any atom is 0.252 e. The fourth-order valence-corrected chi connectivity index (χ4v) is 10.3. The van der Waals surface area contributed by atoms with E-state index in [0.29, 0.717) is 32.7 Å². The molecule has 0 radical (unpaired) electrons. The SMILES string of the molecule is CN(CC(=O)c1ccc(F)cc1)S(=O)(=O)c1ccc(-c2ncnc3ccc(-c4cn(C(c5ccccc5)(c5ccccc5)c5ccccc5)nc4-c4ccc(F)cc4)cc23)s1. The summed E-state index contributed by atoms with van der Waals surface area (Å²) in [5.41, 5.74) is 6.24. The van der Waals surface area contributed by atoms with Gasteiger partial charge in [-0.3, -0.25) is 9.48 Å². The number of carbonyl (C=O) groups is 1. The summed E-state index contributed by atoms with van der Waals surface area (Å²) in [6.07, 6.45) is 3.46. The van der Waals surface area contributed by atoms with E-state index in [4.69, 9.17) is 5.10 Å². The maximum absolute atomic E-state index is 14.4. The number of rotatable bonds is 12. The Labute approximate surface area is 355 Å². The van der Waals surface area contributed by atoms with E-state index in [1.165, 1.54) is 43.7 Å². The molecule has 12 heteroatoms. The van der Waals surface area contributed by atoms with Crippen molar-refractivity contribution in [2.75, 3.05) is 13.6 Å². The molecule has 300 valence electrons. The lowest BCUT2D eigenvalue weighted by Gasteiger charge is -2.36. The lowest BCUT2D eigenvalue weighted by atomic mass is 9.77. The van der Waals surface area contributed by atoms with Crippen LogP contribution in [0.3, 0.4) is 0 Å². The lowest BCUT2D eigenvalue weighted by molar-refractivity contribution is 0.0973. The lowest BCUT2D eigenvalue weighted by Crippen LogP contribution is -2.38. The normalized spacial score (nSPS) is 11.9. The molecule has 0 unspecified atom stereocenters. The average molecular weight is 844 g/mol. The molecule has 3 heterocycles. The van der Waals surface area contributed by atoms with Gasteiger partial charge in [0.2, 0.25) is 0 Å². The molecular weight excluding hydrogens is 809 g/mol. The minimum atomic E-state index is -4.09. The molecule has 8 nitrogen and oxygen atoms in total. The van der Waals surface area contributed by atoms with Crippen molar-refractivity contribution < 1.29 is 22.0 Å². The average Bonchev–Trinajstić information content (AvgIpc) is 3.98. The van der Waals surface area contributed by atoms with Gasteiger partial charge < -0.3 is 0 Å². The fraction of sp³-hybridized carbons (Fsp3) is 0.0612. The number of nitrogens with zero attached hydrogens (tertiary/aromatic N) is 5. The summed E-state index contributed by atoms with van der Waals surface area (Å²) in [7, 11) is -2.75. The molecule has 0 N–H and O–H groups in total. The van der Waals surface area contributed by atoms with E-state index in [0.717, 1.165) is 55.6 Å². The van der Waals surface area contributed by atoms with Crippen LogP contribution >= 0.6 is 11.3 Å². The highest BCUT2D eigenvalue weighted by Crippen LogP contribution is 2.44. The van der Waals surface area contributed by atoms with Crippen LogP contribution in [-0.4, -0.2) is 51.8 Å². The standard InChI is InChI=1S/C49H35F2N5O3S2/c1-55(31-44(57)33-17-22-39(50)23-18-33)61(58,59)46-28-27-45(60-46)48-41-29-35(21-26-43(41)52-32-53-48)42-30-56(54-47(42)34-19-24-40(51)25-20-34)49(36-11-5-2-6-12-36,37-13-7-3-8-14-37)38-15-9-4-10-16-38/h2-30,32H,31H2,1H3. The molecule has 0 amide bonds. The summed E-state index contributed by atoms with van der Waals surface area (Å²) in [5, 5.41) is 6.06. The number of thiophene rings is 1. The predicted octanol–water partition coefficient (Wildman–Crippen LogP) is 10.5. The summed E-state index contributed by atoms with van der Waals surface area (Å²) >= 11 is 1.03. The van der Waals surface area contributed by atoms with Crippen molar-refractivity contribution in [2.45, 2.75) is 9.75 Å². The fourth-order valence-electron chi connectivity index (χ4n) is 7.69. The van der Waals surface area contributed by atoms with Crippen molar-refractivity contribution in [3.63, 3.8) is 0 Å². The van der Waals surface area contributed by atoms with Gasteiger partial charge in [0.15, 0.2) is 5.78 Å². The third kappa shape index (κ3) is 7.35. The highest BCUT2D eigenvalue weighted by Gasteiger charge is 2.40. The monoisotopic (exact) mass is 843 g/mol. The van der Waals surface area contributed by atoms with Gasteiger partial charge in [-0.25, -0.2) is 27.2 Å². The van der Waals surface area contributed by atoms with E-state index < -0.39 is 33.7 Å². The van der Waals surface area contributed by atoms with E-state index in [9.17, 15) is 22.0 Å². The van der Waals surface area contributed by atoms with E-state index in [1.807, 2.05) is 83.7 Å². The molecule has 0 aliphatic carbocycles. The molecular formula is C49H35F2N5O3S2. The van der Waals surface area contributed by atoms with Crippen LogP contribution in [-0.2, 0) is 15.6 Å². The molecule has 61 heavy (non-hydrogen) atoms. The van der Waals surface area contributed by atoms with Gasteiger partial charge in [-0.1, -0.05) is 97.1 Å². The van der Waals surface area contributed by atoms with E-state index in [2.05, 4.69) is 46.4 Å². The number of sulfonamides is 1. The molecule has 3 aromatic heterocycles. The second kappa shape index (κ2) is 16.2. The Morgan fingerprint density at radius 2 is 1.23 bits per heavy atom. The van der Waals surface area contributed by atoms with Crippen LogP contribution in [0.15, 0.2) is 187 Å². The van der Waals surface area contributed by atoms with Gasteiger partial charge in [-0.2, -0.15) is 9.40 Å². The molecule has 0 aliphatic rings. The molecule has 0 fully saturated rings. The molecule has 0 aliphatic heterocycles. The molecule has 0 saturated carbocycles. The Balaban J connectivity index is 1.18. The van der Waals surface area contributed by atoms with Gasteiger partial charge in [0, 0.05) is 35.3 Å². The molecule has 0 bridgehead atoms. The Morgan fingerprint density at radius 1 is 0.672 bits per heavy atom. The van der Waals surface area contributed by atoms with Crippen molar-refractivity contribution in [3.8, 4) is 33.0 Å². The number of likely N-dealkylation sites (N-methyl/N-ethyl adjacent to an activating group) is 1. The first-order valence-corrected chi connectivity index (χ1v) is 21.5. The topological polar surface area (TPSA) is 98.0 Å². The van der Waals surface area contributed by atoms with Crippen molar-refractivity contribution in [2.24, 2.45) is 0 Å². The highest BCUT2D eigenvalue weighted by molar-refractivity contribution is 7.91. The second-order valence-corrected chi connectivity index (χ2v) is 17.8. The smallest absolute Gasteiger partial charge is 0.252 e. The van der Waals surface area contributed by atoms with Gasteiger partial charge in [-0.15, -0.1) is 11.3 Å². The Bertz CT molecular complexity index is 3030. The molecule has 6 aromatic carbocycles. The van der Waals surface area contributed by atoms with E-state index in [-0.39, 0.29) is 15.6 Å². The summed E-state index contributed by atoms with van der Waals surface area (Å²) in [5.74, 6) is -1.32. The number of Topliss-reactive ketones (excluding diaryl/α,β-unsaturated/α-hetero) is 1. The highest BCUT2D eigenvalue weighted by atomic mass is 32.2. The number of hydrogen-bond donors (Lipinski definition) is 0. The first-order chi connectivity index (χ1) is 29.6. The number of fused-ring (bicyclic) bond motifs is 1. The predicted molar refractivity (Wildman–Crippen MR) is 235 cm³/mol. The van der Waals surface area contributed by atoms with Crippen molar-refractivity contribution in [3.05, 3.63) is 216 Å². The van der Waals surface area contributed by atoms with Gasteiger partial charge in [0.25, 0.3) is 10.0 Å². The van der Waals surface area contributed by atoms with Crippen LogP contribution in [0.2, 0.25) is 0 Å². The largest absolute Gasteiger partial charge is 0.293 e. The number of carbonyl (C=O) groups excluding carboxylic acids is 1. The van der Waals surface area contributed by atoms with Crippen LogP contribution in [0, 0.1) is 11.6 Å². The zero-order valence-corrected chi connectivity index (χ0v) is 34.2. The number of halogens is 2. The van der Waals surface area contributed by atoms with Crippen LogP contribution in [0.5, 0.6) is 0 Å². The number of ketones is 1. The summed E-state index contributed by atoms with van der Waals surface area (Å²) < 4.78 is 58.4. The first kappa shape index (κ1) is 39.5. The third-order valence-electron chi connectivity index (χ3n) is 10.7. The molecule has 9 aromatic rings. The zero-order chi connectivity index (χ0) is 42.1. The summed E-state index contributed by atoms with van der Waals surface area (Å²) in [6, 6.07) is 50.8. The molecule has 0 atom stereocenters. The first-order valence-electron chi connectivity index (χ1n) is 19.3. The summed E-state index contributed by atoms with van der Waals surface area (Å²) in [4.78, 5) is 22.7. The van der Waals surface area contributed by atoms with Gasteiger partial charge >= 0.3 is 0 Å². The number of benzene rings is 6. The minimum absolute atomic E-state index is 0.0266. The van der Waals surface area contributed by atoms with Gasteiger partial charge in [0.1, 0.15) is 33.4 Å². The number of hydrogen-bond acceptors (Lipinski definition) is 7. The van der Waals surface area contributed by atoms with Gasteiger partial charge in [0.05, 0.1) is 22.6 Å². The van der Waals surface area contributed by atoms with Crippen LogP contribution in [0.4, 0.5) is 8.78 Å². The van der Waals surface area contributed by atoms with Crippen molar-refractivity contribution in [1.82, 2.24) is 24.1 Å².